The van der Waals surface area contributed by atoms with E-state index >= 15 is 0 Å². The maximum atomic E-state index is 9.60. The van der Waals surface area contributed by atoms with Gasteiger partial charge in [0, 0.05) is 12.2 Å². The van der Waals surface area contributed by atoms with Crippen molar-refractivity contribution in [3.05, 3.63) is 47.3 Å². The highest BCUT2D eigenvalue weighted by atomic mass is 16.3. The van der Waals surface area contributed by atoms with Crippen LogP contribution in [0.5, 0.6) is 0 Å². The summed E-state index contributed by atoms with van der Waals surface area (Å²) in [6.07, 6.45) is -0.593. The van der Waals surface area contributed by atoms with Crippen LogP contribution in [0, 0.1) is 13.8 Å². The molecule has 4 heteroatoms. The standard InChI is InChI=1S/C13H17N3O/c1-9-7-10(2)16(15-9)12-5-3-11(4-6-12)13(17)8-14/h3-7,13,17H,8,14H2,1-2H3. The van der Waals surface area contributed by atoms with Crippen molar-refractivity contribution in [1.29, 1.82) is 0 Å². The van der Waals surface area contributed by atoms with Crippen LogP contribution in [0.15, 0.2) is 30.3 Å². The summed E-state index contributed by atoms with van der Waals surface area (Å²) in [6.45, 7) is 4.22. The van der Waals surface area contributed by atoms with Gasteiger partial charge in [-0.2, -0.15) is 5.10 Å². The van der Waals surface area contributed by atoms with Crippen molar-refractivity contribution in [3.8, 4) is 5.69 Å². The average molecular weight is 231 g/mol. The number of aromatic nitrogens is 2. The lowest BCUT2D eigenvalue weighted by molar-refractivity contribution is 0.187. The molecular formula is C13H17N3O. The lowest BCUT2D eigenvalue weighted by atomic mass is 10.1. The van der Waals surface area contributed by atoms with Crippen molar-refractivity contribution >= 4 is 0 Å². The molecule has 4 nitrogen and oxygen atoms in total. The van der Waals surface area contributed by atoms with E-state index in [4.69, 9.17) is 5.73 Å². The van der Waals surface area contributed by atoms with Crippen molar-refractivity contribution in [2.75, 3.05) is 6.54 Å². The van der Waals surface area contributed by atoms with E-state index in [0.717, 1.165) is 22.6 Å². The number of hydrogen-bond acceptors (Lipinski definition) is 3. The first-order valence-electron chi connectivity index (χ1n) is 5.63. The predicted octanol–water partition coefficient (Wildman–Crippen LogP) is 1.48. The van der Waals surface area contributed by atoms with Crippen LogP contribution in [0.1, 0.15) is 23.1 Å². The summed E-state index contributed by atoms with van der Waals surface area (Å²) in [5.41, 5.74) is 9.32. The molecular weight excluding hydrogens is 214 g/mol. The third kappa shape index (κ3) is 2.38. The van der Waals surface area contributed by atoms with E-state index in [1.54, 1.807) is 0 Å². The van der Waals surface area contributed by atoms with Crippen LogP contribution in [-0.2, 0) is 0 Å². The summed E-state index contributed by atoms with van der Waals surface area (Å²) in [5, 5.41) is 14.0. The van der Waals surface area contributed by atoms with Gasteiger partial charge in [0.05, 0.1) is 17.5 Å². The van der Waals surface area contributed by atoms with Crippen LogP contribution in [-0.4, -0.2) is 21.4 Å². The summed E-state index contributed by atoms with van der Waals surface area (Å²) in [6, 6.07) is 9.66. The second-order valence-electron chi connectivity index (χ2n) is 4.18. The first-order valence-corrected chi connectivity index (χ1v) is 5.63. The van der Waals surface area contributed by atoms with Gasteiger partial charge in [-0.15, -0.1) is 0 Å². The van der Waals surface area contributed by atoms with Crippen LogP contribution < -0.4 is 5.73 Å². The normalized spacial score (nSPS) is 12.7. The molecule has 0 spiro atoms. The molecule has 0 saturated carbocycles. The van der Waals surface area contributed by atoms with Crippen LogP contribution in [0.4, 0.5) is 0 Å². The zero-order valence-corrected chi connectivity index (χ0v) is 10.1. The molecule has 1 heterocycles. The molecule has 3 N–H and O–H groups in total. The molecule has 0 saturated heterocycles. The molecule has 0 aliphatic rings. The fraction of sp³-hybridized carbons (Fsp3) is 0.308. The van der Waals surface area contributed by atoms with Gasteiger partial charge >= 0.3 is 0 Å². The van der Waals surface area contributed by atoms with Crippen molar-refractivity contribution in [3.63, 3.8) is 0 Å². The summed E-state index contributed by atoms with van der Waals surface area (Å²) in [4.78, 5) is 0. The molecule has 90 valence electrons. The Morgan fingerprint density at radius 1 is 1.29 bits per heavy atom. The monoisotopic (exact) mass is 231 g/mol. The molecule has 1 aromatic carbocycles. The van der Waals surface area contributed by atoms with E-state index in [0.29, 0.717) is 0 Å². The minimum atomic E-state index is -0.593. The molecule has 1 aromatic heterocycles. The first kappa shape index (κ1) is 11.8. The van der Waals surface area contributed by atoms with Gasteiger partial charge < -0.3 is 10.8 Å². The lowest BCUT2D eigenvalue weighted by Crippen LogP contribution is -2.11. The van der Waals surface area contributed by atoms with Crippen LogP contribution >= 0.6 is 0 Å². The molecule has 1 atom stereocenters. The number of aliphatic hydroxyl groups is 1. The highest BCUT2D eigenvalue weighted by Crippen LogP contribution is 2.16. The van der Waals surface area contributed by atoms with E-state index in [9.17, 15) is 5.11 Å². The number of rotatable bonds is 3. The highest BCUT2D eigenvalue weighted by molar-refractivity contribution is 5.36. The second kappa shape index (κ2) is 4.69. The Hall–Kier alpha value is -1.65. The van der Waals surface area contributed by atoms with E-state index < -0.39 is 6.10 Å². The Bertz CT molecular complexity index is 502. The minimum absolute atomic E-state index is 0.235. The molecule has 2 aromatic rings. The van der Waals surface area contributed by atoms with Gasteiger partial charge in [0.1, 0.15) is 0 Å². The van der Waals surface area contributed by atoms with Crippen molar-refractivity contribution < 1.29 is 5.11 Å². The summed E-state index contributed by atoms with van der Waals surface area (Å²) < 4.78 is 1.88. The maximum absolute atomic E-state index is 9.60. The van der Waals surface area contributed by atoms with E-state index in [-0.39, 0.29) is 6.54 Å². The van der Waals surface area contributed by atoms with Crippen molar-refractivity contribution in [2.24, 2.45) is 5.73 Å². The Labute approximate surface area is 101 Å². The van der Waals surface area contributed by atoms with Gasteiger partial charge in [-0.1, -0.05) is 12.1 Å². The second-order valence-corrected chi connectivity index (χ2v) is 4.18. The summed E-state index contributed by atoms with van der Waals surface area (Å²) in [5.74, 6) is 0. The van der Waals surface area contributed by atoms with Gasteiger partial charge in [-0.25, -0.2) is 4.68 Å². The van der Waals surface area contributed by atoms with Gasteiger partial charge in [0.15, 0.2) is 0 Å². The van der Waals surface area contributed by atoms with Crippen LogP contribution in [0.25, 0.3) is 5.69 Å². The molecule has 0 bridgehead atoms. The zero-order chi connectivity index (χ0) is 12.4. The molecule has 0 aliphatic heterocycles. The molecule has 2 rings (SSSR count). The topological polar surface area (TPSA) is 64.1 Å². The Kier molecular flexibility index (Phi) is 3.26. The third-order valence-corrected chi connectivity index (χ3v) is 2.76. The fourth-order valence-corrected chi connectivity index (χ4v) is 1.86. The smallest absolute Gasteiger partial charge is 0.0912 e. The molecule has 0 radical (unpaired) electrons. The SMILES string of the molecule is Cc1cc(C)n(-c2ccc(C(O)CN)cc2)n1. The number of benzene rings is 1. The average Bonchev–Trinajstić information content (AvgIpc) is 2.68. The maximum Gasteiger partial charge on any atom is 0.0912 e. The van der Waals surface area contributed by atoms with E-state index in [1.807, 2.05) is 48.9 Å². The Morgan fingerprint density at radius 3 is 2.41 bits per heavy atom. The number of hydrogen-bond donors (Lipinski definition) is 2. The van der Waals surface area contributed by atoms with Crippen LogP contribution in [0.3, 0.4) is 0 Å². The number of nitrogens with zero attached hydrogens (tertiary/aromatic N) is 2. The van der Waals surface area contributed by atoms with Gasteiger partial charge in [-0.05, 0) is 37.6 Å². The highest BCUT2D eigenvalue weighted by Gasteiger charge is 2.07. The molecule has 17 heavy (non-hydrogen) atoms. The van der Waals surface area contributed by atoms with Gasteiger partial charge in [0.25, 0.3) is 0 Å². The minimum Gasteiger partial charge on any atom is -0.387 e. The quantitative estimate of drug-likeness (QED) is 0.841. The van der Waals surface area contributed by atoms with Gasteiger partial charge in [-0.3, -0.25) is 0 Å². The van der Waals surface area contributed by atoms with Crippen molar-refractivity contribution in [2.45, 2.75) is 20.0 Å². The van der Waals surface area contributed by atoms with E-state index in [1.165, 1.54) is 0 Å². The third-order valence-electron chi connectivity index (χ3n) is 2.76. The largest absolute Gasteiger partial charge is 0.387 e. The summed E-state index contributed by atoms with van der Waals surface area (Å²) in [7, 11) is 0. The summed E-state index contributed by atoms with van der Waals surface area (Å²) >= 11 is 0. The number of aryl methyl sites for hydroxylation is 2. The van der Waals surface area contributed by atoms with Gasteiger partial charge in [0.2, 0.25) is 0 Å². The number of aliphatic hydroxyl groups excluding tert-OH is 1. The molecule has 0 fully saturated rings. The van der Waals surface area contributed by atoms with Crippen molar-refractivity contribution in [1.82, 2.24) is 9.78 Å². The first-order chi connectivity index (χ1) is 8.11. The molecule has 0 aliphatic carbocycles. The molecule has 0 amide bonds. The van der Waals surface area contributed by atoms with Crippen LogP contribution in [0.2, 0.25) is 0 Å². The Balaban J connectivity index is 2.32. The lowest BCUT2D eigenvalue weighted by Gasteiger charge is -2.09. The predicted molar refractivity (Wildman–Crippen MR) is 67.1 cm³/mol. The molecule has 1 unspecified atom stereocenters. The Morgan fingerprint density at radius 2 is 1.94 bits per heavy atom. The van der Waals surface area contributed by atoms with E-state index in [2.05, 4.69) is 5.10 Å². The fourth-order valence-electron chi connectivity index (χ4n) is 1.86. The zero-order valence-electron chi connectivity index (χ0n) is 10.1. The number of nitrogens with two attached hydrogens (primary N) is 1.